The number of halogens is 3. The summed E-state index contributed by atoms with van der Waals surface area (Å²) in [6.45, 7) is -0.539. The lowest BCUT2D eigenvalue weighted by atomic mass is 9.83. The highest BCUT2D eigenvalue weighted by Crippen LogP contribution is 2.39. The van der Waals surface area contributed by atoms with E-state index >= 15 is 13.2 Å². The van der Waals surface area contributed by atoms with Crippen LogP contribution in [0.1, 0.15) is 34.5 Å². The smallest absolute Gasteiger partial charge is 0.311 e. The number of rotatable bonds is 8. The third-order valence-electron chi connectivity index (χ3n) is 7.05. The second-order valence-electron chi connectivity index (χ2n) is 9.36. The van der Waals surface area contributed by atoms with Crippen LogP contribution < -0.4 is 5.73 Å². The molecule has 0 bridgehead atoms. The first-order valence-electron chi connectivity index (χ1n) is 12.1. The minimum absolute atomic E-state index is 0.00338. The van der Waals surface area contributed by atoms with Crippen LogP contribution in [-0.2, 0) is 28.0 Å². The molecule has 1 aromatic heterocycles. The van der Waals surface area contributed by atoms with E-state index in [4.69, 9.17) is 5.73 Å². The number of hydrogen-bond donors (Lipinski definition) is 2. The predicted molar refractivity (Wildman–Crippen MR) is 133 cm³/mol. The number of amides is 1. The fourth-order valence-electron chi connectivity index (χ4n) is 4.85. The van der Waals surface area contributed by atoms with Crippen LogP contribution in [0.15, 0.2) is 42.6 Å². The Bertz CT molecular complexity index is 1440. The van der Waals surface area contributed by atoms with Crippen molar-refractivity contribution in [3.8, 4) is 22.9 Å². The van der Waals surface area contributed by atoms with Crippen molar-refractivity contribution in [1.29, 1.82) is 5.26 Å². The third kappa shape index (κ3) is 5.31. The quantitative estimate of drug-likeness (QED) is 0.418. The van der Waals surface area contributed by atoms with Crippen molar-refractivity contribution < 1.29 is 32.6 Å². The van der Waals surface area contributed by atoms with Crippen LogP contribution in [0.3, 0.4) is 0 Å². The maximum atomic E-state index is 15.9. The van der Waals surface area contributed by atoms with Crippen molar-refractivity contribution in [3.05, 3.63) is 71.1 Å². The van der Waals surface area contributed by atoms with Gasteiger partial charge in [0.1, 0.15) is 17.5 Å². The van der Waals surface area contributed by atoms with Crippen molar-refractivity contribution in [1.82, 2.24) is 14.7 Å². The molecule has 1 aliphatic rings. The summed E-state index contributed by atoms with van der Waals surface area (Å²) in [6.07, 6.45) is -1.25. The van der Waals surface area contributed by atoms with Gasteiger partial charge in [0.15, 0.2) is 11.6 Å². The first-order chi connectivity index (χ1) is 18.6. The summed E-state index contributed by atoms with van der Waals surface area (Å²) in [5, 5.41) is 24.2. The van der Waals surface area contributed by atoms with Gasteiger partial charge in [0, 0.05) is 37.0 Å². The molecule has 1 fully saturated rings. The molecule has 2 unspecified atom stereocenters. The molecule has 0 radical (unpaired) electrons. The number of carbonyl (C=O) groups is 2. The SMILES string of the molecule is COC(=O)Cc1nn(C2(CC#N)CCN(Cc3c(F)cc(-c4ccccc4)c(O)c3F)CC2F)cc1C(N)=O. The van der Waals surface area contributed by atoms with Gasteiger partial charge in [-0.3, -0.25) is 19.2 Å². The topological polar surface area (TPSA) is 134 Å². The number of primary amides is 1. The third-order valence-corrected chi connectivity index (χ3v) is 7.05. The molecule has 1 aliphatic heterocycles. The number of esters is 1. The highest BCUT2D eigenvalue weighted by molar-refractivity contribution is 5.94. The van der Waals surface area contributed by atoms with E-state index < -0.39 is 46.5 Å². The Kier molecular flexibility index (Phi) is 7.92. The number of benzene rings is 2. The van der Waals surface area contributed by atoms with Crippen LogP contribution in [0.5, 0.6) is 5.75 Å². The molecule has 39 heavy (non-hydrogen) atoms. The maximum Gasteiger partial charge on any atom is 0.311 e. The molecule has 1 saturated heterocycles. The van der Waals surface area contributed by atoms with Crippen LogP contribution in [-0.4, -0.2) is 58.0 Å². The molecule has 3 N–H and O–H groups in total. The van der Waals surface area contributed by atoms with Crippen LogP contribution >= 0.6 is 0 Å². The number of aromatic nitrogens is 2. The normalized spacial score (nSPS) is 19.4. The lowest BCUT2D eigenvalue weighted by Crippen LogP contribution is -2.54. The van der Waals surface area contributed by atoms with Gasteiger partial charge < -0.3 is 15.6 Å². The zero-order chi connectivity index (χ0) is 28.3. The molecule has 0 spiro atoms. The molecule has 0 saturated carbocycles. The molecule has 2 atom stereocenters. The molecular weight excluding hydrogens is 515 g/mol. The Labute approximate surface area is 222 Å². The summed E-state index contributed by atoms with van der Waals surface area (Å²) in [5.74, 6) is -4.30. The van der Waals surface area contributed by atoms with Crippen molar-refractivity contribution in [3.63, 3.8) is 0 Å². The Hall–Kier alpha value is -4.37. The molecule has 9 nitrogen and oxygen atoms in total. The lowest BCUT2D eigenvalue weighted by Gasteiger charge is -2.43. The maximum absolute atomic E-state index is 15.9. The van der Waals surface area contributed by atoms with E-state index in [-0.39, 0.29) is 55.7 Å². The van der Waals surface area contributed by atoms with Gasteiger partial charge in [0.25, 0.3) is 5.91 Å². The van der Waals surface area contributed by atoms with Crippen LogP contribution in [0, 0.1) is 23.0 Å². The number of nitrogens with zero attached hydrogens (tertiary/aromatic N) is 4. The van der Waals surface area contributed by atoms with Crippen molar-refractivity contribution in [2.24, 2.45) is 5.73 Å². The van der Waals surface area contributed by atoms with E-state index in [1.54, 1.807) is 30.3 Å². The first-order valence-corrected chi connectivity index (χ1v) is 12.1. The van der Waals surface area contributed by atoms with E-state index in [1.165, 1.54) is 11.1 Å². The highest BCUT2D eigenvalue weighted by atomic mass is 19.1. The van der Waals surface area contributed by atoms with Crippen LogP contribution in [0.4, 0.5) is 13.2 Å². The molecule has 2 heterocycles. The highest BCUT2D eigenvalue weighted by Gasteiger charge is 2.47. The summed E-state index contributed by atoms with van der Waals surface area (Å²) >= 11 is 0. The largest absolute Gasteiger partial charge is 0.504 e. The number of aromatic hydroxyl groups is 1. The molecule has 12 heteroatoms. The molecule has 0 aliphatic carbocycles. The second-order valence-corrected chi connectivity index (χ2v) is 9.36. The molecule has 3 aromatic rings. The van der Waals surface area contributed by atoms with Gasteiger partial charge in [0.05, 0.1) is 37.3 Å². The number of phenols is 1. The number of phenolic OH excluding ortho intramolecular Hbond substituents is 1. The van der Waals surface area contributed by atoms with Gasteiger partial charge in [-0.25, -0.2) is 13.2 Å². The number of nitrogens with two attached hydrogens (primary N) is 1. The number of methoxy groups -OCH3 is 1. The number of carbonyl (C=O) groups excluding carboxylic acids is 2. The van der Waals surface area contributed by atoms with Crippen LogP contribution in [0.25, 0.3) is 11.1 Å². The van der Waals surface area contributed by atoms with Gasteiger partial charge >= 0.3 is 5.97 Å². The molecule has 1 amide bonds. The number of alkyl halides is 1. The number of hydrogen-bond acceptors (Lipinski definition) is 7. The monoisotopic (exact) mass is 541 g/mol. The molecule has 204 valence electrons. The fourth-order valence-corrected chi connectivity index (χ4v) is 4.85. The van der Waals surface area contributed by atoms with Gasteiger partial charge in [-0.15, -0.1) is 0 Å². The Morgan fingerprint density at radius 3 is 2.64 bits per heavy atom. The van der Waals surface area contributed by atoms with Crippen molar-refractivity contribution >= 4 is 11.9 Å². The van der Waals surface area contributed by atoms with E-state index in [1.807, 2.05) is 6.07 Å². The number of piperidine rings is 1. The zero-order valence-electron chi connectivity index (χ0n) is 21.0. The Balaban J connectivity index is 1.60. The van der Waals surface area contributed by atoms with Gasteiger partial charge in [-0.1, -0.05) is 30.3 Å². The Morgan fingerprint density at radius 2 is 2.03 bits per heavy atom. The molecule has 4 rings (SSSR count). The fraction of sp³-hybridized carbons (Fsp3) is 0.333. The van der Waals surface area contributed by atoms with E-state index in [0.29, 0.717) is 5.56 Å². The van der Waals surface area contributed by atoms with Crippen molar-refractivity contribution in [2.75, 3.05) is 20.2 Å². The van der Waals surface area contributed by atoms with Crippen LogP contribution in [0.2, 0.25) is 0 Å². The summed E-state index contributed by atoms with van der Waals surface area (Å²) in [4.78, 5) is 25.2. The van der Waals surface area contributed by atoms with E-state index in [9.17, 15) is 20.0 Å². The number of ether oxygens (including phenoxy) is 1. The average Bonchev–Trinajstić information content (AvgIpc) is 3.35. The lowest BCUT2D eigenvalue weighted by molar-refractivity contribution is -0.139. The summed E-state index contributed by atoms with van der Waals surface area (Å²) in [5.41, 5.74) is 3.80. The predicted octanol–water partition coefficient (Wildman–Crippen LogP) is 3.20. The minimum Gasteiger partial charge on any atom is -0.504 e. The van der Waals surface area contributed by atoms with E-state index in [2.05, 4.69) is 9.84 Å². The van der Waals surface area contributed by atoms with Gasteiger partial charge in [0.2, 0.25) is 0 Å². The van der Waals surface area contributed by atoms with E-state index in [0.717, 1.165) is 17.9 Å². The number of nitriles is 1. The second kappa shape index (κ2) is 11.2. The van der Waals surface area contributed by atoms with Gasteiger partial charge in [-0.2, -0.15) is 10.4 Å². The zero-order valence-corrected chi connectivity index (χ0v) is 21.0. The van der Waals surface area contributed by atoms with Crippen molar-refractivity contribution in [2.45, 2.75) is 37.5 Å². The molecule has 2 aromatic carbocycles. The number of likely N-dealkylation sites (tertiary alicyclic amines) is 1. The van der Waals surface area contributed by atoms with Gasteiger partial charge in [-0.05, 0) is 18.1 Å². The Morgan fingerprint density at radius 1 is 1.31 bits per heavy atom. The minimum atomic E-state index is -1.75. The average molecular weight is 542 g/mol. The summed E-state index contributed by atoms with van der Waals surface area (Å²) in [7, 11) is 1.16. The first kappa shape index (κ1) is 27.7. The molecular formula is C27H26F3N5O4. The standard InChI is InChI=1S/C27H26F3N5O4/c1-39-23(36)12-21-19(26(32)38)14-35(33-21)27(7-9-31)8-10-34(15-22(27)29)13-18-20(28)11-17(25(37)24(18)30)16-5-3-2-4-6-16/h2-6,11,14,22,37H,7-8,10,12-13,15H2,1H3,(H2,32,38). The summed E-state index contributed by atoms with van der Waals surface area (Å²) < 4.78 is 51.8. The summed E-state index contributed by atoms with van der Waals surface area (Å²) in [6, 6.07) is 11.3.